The quantitative estimate of drug-likeness (QED) is 0.825. The van der Waals surface area contributed by atoms with Crippen molar-refractivity contribution in [3.05, 3.63) is 42.4 Å². The Morgan fingerprint density at radius 3 is 2.71 bits per heavy atom. The summed E-state index contributed by atoms with van der Waals surface area (Å²) in [6, 6.07) is 7.43. The van der Waals surface area contributed by atoms with Gasteiger partial charge in [0.1, 0.15) is 0 Å². The Labute approximate surface area is 165 Å². The zero-order chi connectivity index (χ0) is 20.3. The molecule has 0 unspecified atom stereocenters. The van der Waals surface area contributed by atoms with Gasteiger partial charge in [0.15, 0.2) is 0 Å². The SMILES string of the molecule is CC(=O)Nc1cccc(-c2nccnc2[C@H]2CCCN(S(=O)(=O)N(C)C)C2)c1. The number of carbonyl (C=O) groups is 1. The van der Waals surface area contributed by atoms with E-state index in [1.54, 1.807) is 26.5 Å². The van der Waals surface area contributed by atoms with Crippen LogP contribution in [-0.2, 0) is 15.0 Å². The third-order valence-electron chi connectivity index (χ3n) is 4.74. The van der Waals surface area contributed by atoms with Crippen LogP contribution in [0.15, 0.2) is 36.7 Å². The first kappa shape index (κ1) is 20.4. The van der Waals surface area contributed by atoms with Crippen LogP contribution in [-0.4, -0.2) is 60.1 Å². The first-order chi connectivity index (χ1) is 13.3. The van der Waals surface area contributed by atoms with Gasteiger partial charge in [-0.15, -0.1) is 0 Å². The molecule has 2 heterocycles. The Bertz CT molecular complexity index is 962. The maximum atomic E-state index is 12.5. The lowest BCUT2D eigenvalue weighted by atomic mass is 9.92. The highest BCUT2D eigenvalue weighted by Gasteiger charge is 2.32. The van der Waals surface area contributed by atoms with E-state index in [0.717, 1.165) is 24.1 Å². The van der Waals surface area contributed by atoms with Gasteiger partial charge in [0, 0.05) is 63.7 Å². The average molecular weight is 404 g/mol. The Morgan fingerprint density at radius 2 is 2.00 bits per heavy atom. The summed E-state index contributed by atoms with van der Waals surface area (Å²) in [6.07, 6.45) is 4.87. The number of amides is 1. The molecule has 1 fully saturated rings. The van der Waals surface area contributed by atoms with Gasteiger partial charge in [-0.1, -0.05) is 12.1 Å². The van der Waals surface area contributed by atoms with Gasteiger partial charge in [-0.2, -0.15) is 17.0 Å². The van der Waals surface area contributed by atoms with Crippen LogP contribution in [0.5, 0.6) is 0 Å². The van der Waals surface area contributed by atoms with Crippen LogP contribution < -0.4 is 5.32 Å². The van der Waals surface area contributed by atoms with Gasteiger partial charge in [0.25, 0.3) is 10.2 Å². The molecule has 1 aromatic carbocycles. The molecule has 0 saturated carbocycles. The lowest BCUT2D eigenvalue weighted by Crippen LogP contribution is -2.45. The lowest BCUT2D eigenvalue weighted by Gasteiger charge is -2.33. The lowest BCUT2D eigenvalue weighted by molar-refractivity contribution is -0.114. The highest BCUT2D eigenvalue weighted by atomic mass is 32.2. The van der Waals surface area contributed by atoms with Crippen molar-refractivity contribution in [2.24, 2.45) is 0 Å². The van der Waals surface area contributed by atoms with Crippen LogP contribution in [0.3, 0.4) is 0 Å². The highest BCUT2D eigenvalue weighted by molar-refractivity contribution is 7.86. The summed E-state index contributed by atoms with van der Waals surface area (Å²) in [7, 11) is -0.384. The number of hydrogen-bond acceptors (Lipinski definition) is 5. The molecule has 1 aliphatic rings. The van der Waals surface area contributed by atoms with E-state index in [2.05, 4.69) is 15.3 Å². The largest absolute Gasteiger partial charge is 0.326 e. The molecule has 1 atom stereocenters. The second-order valence-electron chi connectivity index (χ2n) is 7.04. The molecule has 1 amide bonds. The monoisotopic (exact) mass is 403 g/mol. The molecular weight excluding hydrogens is 378 g/mol. The van der Waals surface area contributed by atoms with E-state index in [0.29, 0.717) is 24.5 Å². The van der Waals surface area contributed by atoms with Crippen molar-refractivity contribution in [3.63, 3.8) is 0 Å². The predicted octanol–water partition coefficient (Wildman–Crippen LogP) is 2.09. The van der Waals surface area contributed by atoms with E-state index in [4.69, 9.17) is 0 Å². The van der Waals surface area contributed by atoms with Gasteiger partial charge >= 0.3 is 0 Å². The Kier molecular flexibility index (Phi) is 6.07. The van der Waals surface area contributed by atoms with Crippen LogP contribution in [0.4, 0.5) is 5.69 Å². The smallest absolute Gasteiger partial charge is 0.281 e. The van der Waals surface area contributed by atoms with Gasteiger partial charge in [0.2, 0.25) is 5.91 Å². The van der Waals surface area contributed by atoms with E-state index in [-0.39, 0.29) is 11.8 Å². The van der Waals surface area contributed by atoms with Gasteiger partial charge < -0.3 is 5.32 Å². The number of nitrogens with one attached hydrogen (secondary N) is 1. The zero-order valence-electron chi connectivity index (χ0n) is 16.3. The van der Waals surface area contributed by atoms with Crippen LogP contribution in [0, 0.1) is 0 Å². The summed E-state index contributed by atoms with van der Waals surface area (Å²) < 4.78 is 27.8. The molecule has 1 aromatic heterocycles. The van der Waals surface area contributed by atoms with Crippen molar-refractivity contribution in [1.29, 1.82) is 0 Å². The molecule has 3 rings (SSSR count). The normalized spacial score (nSPS) is 18.2. The second kappa shape index (κ2) is 8.34. The number of carbonyl (C=O) groups excluding carboxylic acids is 1. The summed E-state index contributed by atoms with van der Waals surface area (Å²) in [4.78, 5) is 20.4. The van der Waals surface area contributed by atoms with Gasteiger partial charge in [0.05, 0.1) is 11.4 Å². The van der Waals surface area contributed by atoms with E-state index in [9.17, 15) is 13.2 Å². The average Bonchev–Trinajstić information content (AvgIpc) is 2.67. The zero-order valence-corrected chi connectivity index (χ0v) is 17.1. The topological polar surface area (TPSA) is 95.5 Å². The molecule has 150 valence electrons. The Morgan fingerprint density at radius 1 is 1.25 bits per heavy atom. The highest BCUT2D eigenvalue weighted by Crippen LogP contribution is 2.33. The molecule has 1 aliphatic heterocycles. The molecule has 1 saturated heterocycles. The molecule has 0 bridgehead atoms. The number of anilines is 1. The maximum Gasteiger partial charge on any atom is 0.281 e. The van der Waals surface area contributed by atoms with Crippen LogP contribution in [0.2, 0.25) is 0 Å². The van der Waals surface area contributed by atoms with E-state index in [1.165, 1.54) is 15.5 Å². The summed E-state index contributed by atoms with van der Waals surface area (Å²) in [5.74, 6) is -0.190. The molecule has 9 heteroatoms. The standard InChI is InChI=1S/C19H25N5O3S/c1-14(25)22-17-8-4-6-15(12-17)18-19(21-10-9-20-18)16-7-5-11-24(13-16)28(26,27)23(2)3/h4,6,8-10,12,16H,5,7,11,13H2,1-3H3,(H,22,25)/t16-/m0/s1. The van der Waals surface area contributed by atoms with Crippen molar-refractivity contribution in [2.45, 2.75) is 25.7 Å². The summed E-state index contributed by atoms with van der Waals surface area (Å²) in [6.45, 7) is 2.34. The van der Waals surface area contributed by atoms with Gasteiger partial charge in [-0.05, 0) is 25.0 Å². The molecule has 0 spiro atoms. The fourth-order valence-corrected chi connectivity index (χ4v) is 4.61. The summed E-state index contributed by atoms with van der Waals surface area (Å²) >= 11 is 0. The van der Waals surface area contributed by atoms with Crippen LogP contribution >= 0.6 is 0 Å². The van der Waals surface area contributed by atoms with Crippen molar-refractivity contribution in [3.8, 4) is 11.3 Å². The second-order valence-corrected chi connectivity index (χ2v) is 9.18. The number of piperidine rings is 1. The third-order valence-corrected chi connectivity index (χ3v) is 6.65. The summed E-state index contributed by atoms with van der Waals surface area (Å²) in [5, 5.41) is 2.77. The molecule has 2 aromatic rings. The fourth-order valence-electron chi connectivity index (χ4n) is 3.42. The predicted molar refractivity (Wildman–Crippen MR) is 108 cm³/mol. The molecule has 28 heavy (non-hydrogen) atoms. The van der Waals surface area contributed by atoms with Gasteiger partial charge in [-0.25, -0.2) is 0 Å². The number of nitrogens with zero attached hydrogens (tertiary/aromatic N) is 4. The molecule has 8 nitrogen and oxygen atoms in total. The Balaban J connectivity index is 1.94. The first-order valence-corrected chi connectivity index (χ1v) is 10.5. The van der Waals surface area contributed by atoms with E-state index in [1.807, 2.05) is 24.3 Å². The summed E-state index contributed by atoms with van der Waals surface area (Å²) in [5.41, 5.74) is 3.01. The number of benzene rings is 1. The van der Waals surface area contributed by atoms with Crippen molar-refractivity contribution >= 4 is 21.8 Å². The fraction of sp³-hybridized carbons (Fsp3) is 0.421. The molecule has 0 aliphatic carbocycles. The minimum Gasteiger partial charge on any atom is -0.326 e. The van der Waals surface area contributed by atoms with Crippen LogP contribution in [0.25, 0.3) is 11.3 Å². The van der Waals surface area contributed by atoms with Crippen molar-refractivity contribution in [1.82, 2.24) is 18.6 Å². The minimum atomic E-state index is -3.47. The molecule has 1 N–H and O–H groups in total. The van der Waals surface area contributed by atoms with Gasteiger partial charge in [-0.3, -0.25) is 14.8 Å². The van der Waals surface area contributed by atoms with Crippen LogP contribution in [0.1, 0.15) is 31.4 Å². The number of rotatable bonds is 5. The molecule has 0 radical (unpaired) electrons. The molecular formula is C19H25N5O3S. The minimum absolute atomic E-state index is 0.0448. The van der Waals surface area contributed by atoms with E-state index >= 15 is 0 Å². The number of hydrogen-bond donors (Lipinski definition) is 1. The number of aromatic nitrogens is 2. The third kappa shape index (κ3) is 4.37. The van der Waals surface area contributed by atoms with Crippen molar-refractivity contribution < 1.29 is 13.2 Å². The maximum absolute atomic E-state index is 12.5. The Hall–Kier alpha value is -2.36. The van der Waals surface area contributed by atoms with Crippen molar-refractivity contribution in [2.75, 3.05) is 32.5 Å². The first-order valence-electron chi connectivity index (χ1n) is 9.15. The van der Waals surface area contributed by atoms with E-state index < -0.39 is 10.2 Å².